The molecule has 2 heteroatoms. The van der Waals surface area contributed by atoms with Gasteiger partial charge in [0.05, 0.1) is 12.4 Å². The largest absolute Gasteiger partial charge is 0.372 e. The van der Waals surface area contributed by atoms with Crippen molar-refractivity contribution < 1.29 is 0 Å². The van der Waals surface area contributed by atoms with Crippen molar-refractivity contribution in [1.82, 2.24) is 5.32 Å². The third-order valence-corrected chi connectivity index (χ3v) is 5.23. The first-order valence-electron chi connectivity index (χ1n) is 7.20. The van der Waals surface area contributed by atoms with Gasteiger partial charge in [-0.2, -0.15) is 0 Å². The summed E-state index contributed by atoms with van der Waals surface area (Å²) in [4.78, 5) is 4.61. The minimum atomic E-state index is 0.381. The molecule has 0 aromatic carbocycles. The molecule has 1 heterocycles. The maximum absolute atomic E-state index is 4.61. The molecule has 0 saturated heterocycles. The number of hydrogen-bond acceptors (Lipinski definition) is 2. The lowest BCUT2D eigenvalue weighted by Crippen LogP contribution is -2.42. The van der Waals surface area contributed by atoms with Crippen molar-refractivity contribution in [2.24, 2.45) is 15.8 Å². The standard InChI is InChI=1S/C15H28N2/c1-14(2,3)15(4)9-7-5-6-8-12-13(10-15)17-11-16-12/h11-13H,5-10H2,1-4H3,(H,16,17). The Labute approximate surface area is 106 Å². The maximum atomic E-state index is 4.61. The zero-order valence-electron chi connectivity index (χ0n) is 11.9. The molecule has 1 N–H and O–H groups in total. The van der Waals surface area contributed by atoms with Crippen LogP contribution in [0.15, 0.2) is 4.99 Å². The number of hydrogen-bond donors (Lipinski definition) is 1. The normalized spacial score (nSPS) is 38.8. The molecule has 1 aliphatic carbocycles. The van der Waals surface area contributed by atoms with E-state index in [1.165, 1.54) is 38.5 Å². The van der Waals surface area contributed by atoms with E-state index >= 15 is 0 Å². The van der Waals surface area contributed by atoms with Gasteiger partial charge in [-0.05, 0) is 30.1 Å². The van der Waals surface area contributed by atoms with Crippen LogP contribution in [-0.4, -0.2) is 18.4 Å². The molecule has 1 saturated carbocycles. The number of rotatable bonds is 0. The summed E-state index contributed by atoms with van der Waals surface area (Å²) in [6.07, 6.45) is 9.96. The van der Waals surface area contributed by atoms with Gasteiger partial charge in [-0.1, -0.05) is 47.0 Å². The van der Waals surface area contributed by atoms with Gasteiger partial charge < -0.3 is 5.32 Å². The van der Waals surface area contributed by atoms with Gasteiger partial charge in [0.1, 0.15) is 0 Å². The molecule has 0 spiro atoms. The van der Waals surface area contributed by atoms with Crippen LogP contribution in [0.3, 0.4) is 0 Å². The highest BCUT2D eigenvalue weighted by Gasteiger charge is 2.41. The van der Waals surface area contributed by atoms with Gasteiger partial charge >= 0.3 is 0 Å². The molecule has 1 aliphatic heterocycles. The monoisotopic (exact) mass is 236 g/mol. The Kier molecular flexibility index (Phi) is 3.51. The highest BCUT2D eigenvalue weighted by Crippen LogP contribution is 2.47. The van der Waals surface area contributed by atoms with Crippen LogP contribution in [0.5, 0.6) is 0 Å². The van der Waals surface area contributed by atoms with E-state index in [0.717, 1.165) is 0 Å². The van der Waals surface area contributed by atoms with Crippen LogP contribution in [0.25, 0.3) is 0 Å². The second kappa shape index (κ2) is 4.62. The van der Waals surface area contributed by atoms with E-state index in [1.54, 1.807) is 0 Å². The summed E-state index contributed by atoms with van der Waals surface area (Å²) < 4.78 is 0. The average molecular weight is 236 g/mol. The highest BCUT2D eigenvalue weighted by atomic mass is 15.1. The van der Waals surface area contributed by atoms with Crippen LogP contribution in [0.4, 0.5) is 0 Å². The molecule has 0 bridgehead atoms. The Balaban J connectivity index is 2.16. The minimum Gasteiger partial charge on any atom is -0.372 e. The molecule has 2 aliphatic rings. The van der Waals surface area contributed by atoms with E-state index in [-0.39, 0.29) is 0 Å². The topological polar surface area (TPSA) is 24.4 Å². The molecular formula is C15H28N2. The summed E-state index contributed by atoms with van der Waals surface area (Å²) in [5.74, 6) is 0. The number of nitrogens with zero attached hydrogens (tertiary/aromatic N) is 1. The third kappa shape index (κ3) is 2.66. The lowest BCUT2D eigenvalue weighted by molar-refractivity contribution is 0.0711. The summed E-state index contributed by atoms with van der Waals surface area (Å²) in [6, 6.07) is 1.12. The molecule has 2 nitrogen and oxygen atoms in total. The van der Waals surface area contributed by atoms with Gasteiger partial charge in [0.15, 0.2) is 0 Å². The van der Waals surface area contributed by atoms with Gasteiger partial charge in [0, 0.05) is 6.04 Å². The quantitative estimate of drug-likeness (QED) is 0.680. The van der Waals surface area contributed by atoms with Crippen LogP contribution >= 0.6 is 0 Å². The van der Waals surface area contributed by atoms with Crippen molar-refractivity contribution in [3.63, 3.8) is 0 Å². The molecule has 0 aromatic rings. The Morgan fingerprint density at radius 3 is 2.71 bits per heavy atom. The molecule has 3 unspecified atom stereocenters. The lowest BCUT2D eigenvalue weighted by Gasteiger charge is -2.44. The Bertz CT molecular complexity index is 290. The predicted molar refractivity (Wildman–Crippen MR) is 74.5 cm³/mol. The first-order valence-corrected chi connectivity index (χ1v) is 7.20. The fraction of sp³-hybridized carbons (Fsp3) is 0.933. The molecule has 2 rings (SSSR count). The van der Waals surface area contributed by atoms with Crippen LogP contribution in [-0.2, 0) is 0 Å². The van der Waals surface area contributed by atoms with E-state index in [9.17, 15) is 0 Å². The average Bonchev–Trinajstić information content (AvgIpc) is 2.63. The fourth-order valence-corrected chi connectivity index (χ4v) is 3.23. The predicted octanol–water partition coefficient (Wildman–Crippen LogP) is 3.76. The van der Waals surface area contributed by atoms with Crippen molar-refractivity contribution >= 4 is 6.34 Å². The number of aliphatic imine (C=N–C) groups is 1. The summed E-state index contributed by atoms with van der Waals surface area (Å²) in [5.41, 5.74) is 0.813. The van der Waals surface area contributed by atoms with Gasteiger partial charge in [-0.3, -0.25) is 4.99 Å². The van der Waals surface area contributed by atoms with Crippen LogP contribution in [0, 0.1) is 10.8 Å². The van der Waals surface area contributed by atoms with Gasteiger partial charge in [-0.15, -0.1) is 0 Å². The molecule has 1 fully saturated rings. The zero-order valence-corrected chi connectivity index (χ0v) is 11.9. The van der Waals surface area contributed by atoms with E-state index in [1.807, 2.05) is 6.34 Å². The van der Waals surface area contributed by atoms with Crippen LogP contribution < -0.4 is 5.32 Å². The molecule has 0 amide bonds. The second-order valence-corrected chi connectivity index (χ2v) is 7.23. The molecule has 0 aromatic heterocycles. The van der Waals surface area contributed by atoms with Crippen molar-refractivity contribution in [2.45, 2.75) is 78.3 Å². The maximum Gasteiger partial charge on any atom is 0.0831 e. The van der Waals surface area contributed by atoms with E-state index in [4.69, 9.17) is 0 Å². The van der Waals surface area contributed by atoms with E-state index < -0.39 is 0 Å². The zero-order chi connectivity index (χ0) is 12.5. The molecule has 0 radical (unpaired) electrons. The van der Waals surface area contributed by atoms with Crippen molar-refractivity contribution in [3.05, 3.63) is 0 Å². The van der Waals surface area contributed by atoms with Crippen molar-refractivity contribution in [2.75, 3.05) is 0 Å². The third-order valence-electron chi connectivity index (χ3n) is 5.23. The molecule has 3 atom stereocenters. The van der Waals surface area contributed by atoms with E-state index in [0.29, 0.717) is 22.9 Å². The van der Waals surface area contributed by atoms with Crippen LogP contribution in [0.2, 0.25) is 0 Å². The van der Waals surface area contributed by atoms with E-state index in [2.05, 4.69) is 38.0 Å². The first kappa shape index (κ1) is 12.9. The molecule has 98 valence electrons. The lowest BCUT2D eigenvalue weighted by atomic mass is 9.62. The smallest absolute Gasteiger partial charge is 0.0831 e. The summed E-state index contributed by atoms with van der Waals surface area (Å²) in [5, 5.41) is 3.49. The highest BCUT2D eigenvalue weighted by molar-refractivity contribution is 5.58. The Morgan fingerprint density at radius 1 is 1.24 bits per heavy atom. The summed E-state index contributed by atoms with van der Waals surface area (Å²) >= 11 is 0. The fourth-order valence-electron chi connectivity index (χ4n) is 3.23. The van der Waals surface area contributed by atoms with Crippen LogP contribution in [0.1, 0.15) is 66.2 Å². The summed E-state index contributed by atoms with van der Waals surface area (Å²) in [6.45, 7) is 9.68. The Morgan fingerprint density at radius 2 is 2.00 bits per heavy atom. The van der Waals surface area contributed by atoms with Crippen molar-refractivity contribution in [1.29, 1.82) is 0 Å². The number of fused-ring (bicyclic) bond motifs is 1. The van der Waals surface area contributed by atoms with Gasteiger partial charge in [0.2, 0.25) is 0 Å². The van der Waals surface area contributed by atoms with Gasteiger partial charge in [0.25, 0.3) is 0 Å². The molecule has 17 heavy (non-hydrogen) atoms. The van der Waals surface area contributed by atoms with Gasteiger partial charge in [-0.25, -0.2) is 0 Å². The first-order chi connectivity index (χ1) is 7.92. The second-order valence-electron chi connectivity index (χ2n) is 7.23. The van der Waals surface area contributed by atoms with Crippen molar-refractivity contribution in [3.8, 4) is 0 Å². The SMILES string of the molecule is CC(C)(C)C1(C)CCCCCC2N=CNC2C1. The molecular weight excluding hydrogens is 208 g/mol. The number of nitrogens with one attached hydrogen (secondary N) is 1. The Hall–Kier alpha value is -0.530. The minimum absolute atomic E-state index is 0.381. The summed E-state index contributed by atoms with van der Waals surface area (Å²) in [7, 11) is 0.